The Morgan fingerprint density at radius 2 is 2.29 bits per heavy atom. The van der Waals surface area contributed by atoms with E-state index in [-0.39, 0.29) is 0 Å². The Morgan fingerprint density at radius 1 is 1.43 bits per heavy atom. The Morgan fingerprint density at radius 3 is 2.93 bits per heavy atom. The van der Waals surface area contributed by atoms with E-state index in [1.807, 2.05) is 25.1 Å². The second-order valence-electron chi connectivity index (χ2n) is 2.66. The Bertz CT molecular complexity index is 389. The molecule has 0 amide bonds. The van der Waals surface area contributed by atoms with Gasteiger partial charge in [0, 0.05) is 6.20 Å². The van der Waals surface area contributed by atoms with Gasteiger partial charge in [-0.05, 0) is 36.3 Å². The zero-order chi connectivity index (χ0) is 10.2. The number of nitrogens with zero attached hydrogens (tertiary/aromatic N) is 1. The van der Waals surface area contributed by atoms with Crippen LogP contribution in [0.5, 0.6) is 0 Å². The fourth-order valence-electron chi connectivity index (χ4n) is 0.753. The van der Waals surface area contributed by atoms with Crippen LogP contribution in [-0.4, -0.2) is 16.2 Å². The normalized spacial score (nSPS) is 10.4. The Balaban J connectivity index is 2.60. The number of pyridine rings is 1. The van der Waals surface area contributed by atoms with Gasteiger partial charge in [0.25, 0.3) is 0 Å². The molecule has 0 saturated carbocycles. The second-order valence-corrected chi connectivity index (χ2v) is 2.66. The van der Waals surface area contributed by atoms with Crippen LogP contribution in [0.15, 0.2) is 24.4 Å². The van der Waals surface area contributed by atoms with E-state index >= 15 is 0 Å². The molecule has 14 heavy (non-hydrogen) atoms. The molecule has 0 saturated heterocycles. The molecule has 0 aliphatic carbocycles. The zero-order valence-corrected chi connectivity index (χ0v) is 7.99. The van der Waals surface area contributed by atoms with E-state index in [1.54, 1.807) is 6.20 Å². The molecule has 70 valence electrons. The summed E-state index contributed by atoms with van der Waals surface area (Å²) < 4.78 is 0. The van der Waals surface area contributed by atoms with E-state index in [1.165, 1.54) is 0 Å². The molecule has 2 nitrogen and oxygen atoms in total. The van der Waals surface area contributed by atoms with Crippen LogP contribution in [0.25, 0.3) is 0 Å². The van der Waals surface area contributed by atoms with E-state index in [2.05, 4.69) is 28.7 Å². The molecule has 0 aliphatic heterocycles. The molecule has 0 aliphatic rings. The van der Waals surface area contributed by atoms with Crippen LogP contribution in [0.3, 0.4) is 0 Å². The summed E-state index contributed by atoms with van der Waals surface area (Å²) in [5, 5.41) is 9.10. The van der Waals surface area contributed by atoms with Gasteiger partial charge in [0.15, 0.2) is 0 Å². The number of hydrogen-bond acceptors (Lipinski definition) is 2. The minimum atomic E-state index is -0.576. The third-order valence-corrected chi connectivity index (χ3v) is 1.54. The van der Waals surface area contributed by atoms with Gasteiger partial charge >= 0.3 is 0 Å². The highest BCUT2D eigenvalue weighted by molar-refractivity contribution is 5.36. The fraction of sp³-hybridized carbons (Fsp3) is 0.250. The quantitative estimate of drug-likeness (QED) is 0.667. The summed E-state index contributed by atoms with van der Waals surface area (Å²) in [6, 6.07) is 5.51. The highest BCUT2D eigenvalue weighted by atomic mass is 16.3. The van der Waals surface area contributed by atoms with Gasteiger partial charge in [-0.25, -0.2) is 4.98 Å². The van der Waals surface area contributed by atoms with Crippen LogP contribution >= 0.6 is 0 Å². The summed E-state index contributed by atoms with van der Waals surface area (Å²) >= 11 is 0. The van der Waals surface area contributed by atoms with E-state index in [0.717, 1.165) is 0 Å². The first-order valence-corrected chi connectivity index (χ1v) is 4.43. The molecule has 1 rings (SSSR count). The zero-order valence-electron chi connectivity index (χ0n) is 7.99. The molecule has 1 aromatic rings. The topological polar surface area (TPSA) is 33.1 Å². The lowest BCUT2D eigenvalue weighted by Gasteiger charge is -1.91. The van der Waals surface area contributed by atoms with Crippen LogP contribution in [-0.2, 0) is 0 Å². The summed E-state index contributed by atoms with van der Waals surface area (Å²) in [7, 11) is 0. The van der Waals surface area contributed by atoms with Crippen molar-refractivity contribution in [2.75, 3.05) is 0 Å². The van der Waals surface area contributed by atoms with Crippen molar-refractivity contribution < 1.29 is 5.11 Å². The smallest absolute Gasteiger partial charge is 0.115 e. The molecular formula is C12H11NO. The first kappa shape index (κ1) is 10.3. The lowest BCUT2D eigenvalue weighted by molar-refractivity contribution is 0.228. The van der Waals surface area contributed by atoms with Crippen LogP contribution in [0, 0.1) is 23.7 Å². The van der Waals surface area contributed by atoms with Gasteiger partial charge in [0.1, 0.15) is 11.8 Å². The summed E-state index contributed by atoms with van der Waals surface area (Å²) in [6.07, 6.45) is 1.73. The van der Waals surface area contributed by atoms with Crippen molar-refractivity contribution >= 4 is 0 Å². The highest BCUT2D eigenvalue weighted by Gasteiger charge is 1.89. The maximum atomic E-state index is 9.10. The van der Waals surface area contributed by atoms with E-state index in [9.17, 15) is 0 Å². The monoisotopic (exact) mass is 185 g/mol. The molecule has 1 heterocycles. The van der Waals surface area contributed by atoms with E-state index < -0.39 is 6.10 Å². The van der Waals surface area contributed by atoms with E-state index in [0.29, 0.717) is 12.1 Å². The van der Waals surface area contributed by atoms with Crippen molar-refractivity contribution in [3.05, 3.63) is 30.1 Å². The Kier molecular flexibility index (Phi) is 4.27. The van der Waals surface area contributed by atoms with Gasteiger partial charge in [-0.2, -0.15) is 0 Å². The number of hydrogen-bond donors (Lipinski definition) is 1. The third kappa shape index (κ3) is 3.76. The minimum absolute atomic E-state index is 0.576. The molecule has 1 N–H and O–H groups in total. The standard InChI is InChI=1S/C12H11NO/c1-2-12(14)9-4-3-7-11-8-5-6-10-13-11/h5-6,8,10,12,14H,2H2,1H3. The molecule has 1 unspecified atom stereocenters. The van der Waals surface area contributed by atoms with Crippen LogP contribution in [0.1, 0.15) is 19.0 Å². The summed E-state index contributed by atoms with van der Waals surface area (Å²) in [4.78, 5) is 4.01. The minimum Gasteiger partial charge on any atom is -0.380 e. The molecule has 0 spiro atoms. The summed E-state index contributed by atoms with van der Waals surface area (Å²) in [5.41, 5.74) is 0.688. The molecule has 0 aromatic carbocycles. The van der Waals surface area contributed by atoms with Crippen LogP contribution in [0.2, 0.25) is 0 Å². The van der Waals surface area contributed by atoms with Crippen LogP contribution < -0.4 is 0 Å². The maximum Gasteiger partial charge on any atom is 0.115 e. The number of aliphatic hydroxyl groups excluding tert-OH is 1. The van der Waals surface area contributed by atoms with Gasteiger partial charge in [0.05, 0.1) is 0 Å². The number of aliphatic hydroxyl groups is 1. The van der Waals surface area contributed by atoms with Gasteiger partial charge < -0.3 is 5.11 Å². The van der Waals surface area contributed by atoms with Crippen molar-refractivity contribution in [3.8, 4) is 23.7 Å². The van der Waals surface area contributed by atoms with Crippen molar-refractivity contribution in [3.63, 3.8) is 0 Å². The van der Waals surface area contributed by atoms with Gasteiger partial charge in [-0.15, -0.1) is 0 Å². The number of aromatic nitrogens is 1. The molecule has 0 bridgehead atoms. The molecular weight excluding hydrogens is 174 g/mol. The van der Waals surface area contributed by atoms with Crippen molar-refractivity contribution in [1.29, 1.82) is 0 Å². The van der Waals surface area contributed by atoms with E-state index in [4.69, 9.17) is 5.11 Å². The van der Waals surface area contributed by atoms with Crippen molar-refractivity contribution in [2.24, 2.45) is 0 Å². The molecule has 0 radical (unpaired) electrons. The van der Waals surface area contributed by atoms with Crippen molar-refractivity contribution in [1.82, 2.24) is 4.98 Å². The molecule has 1 aromatic heterocycles. The third-order valence-electron chi connectivity index (χ3n) is 1.54. The summed E-state index contributed by atoms with van der Waals surface area (Å²) in [5.74, 6) is 10.6. The predicted octanol–water partition coefficient (Wildman–Crippen LogP) is 1.21. The van der Waals surface area contributed by atoms with Gasteiger partial charge in [0.2, 0.25) is 0 Å². The fourth-order valence-corrected chi connectivity index (χ4v) is 0.753. The number of rotatable bonds is 1. The summed E-state index contributed by atoms with van der Waals surface area (Å²) in [6.45, 7) is 1.87. The van der Waals surface area contributed by atoms with Gasteiger partial charge in [-0.1, -0.05) is 18.9 Å². The average Bonchev–Trinajstić information content (AvgIpc) is 2.25. The second kappa shape index (κ2) is 5.80. The predicted molar refractivity (Wildman–Crippen MR) is 55.2 cm³/mol. The average molecular weight is 185 g/mol. The largest absolute Gasteiger partial charge is 0.380 e. The Hall–Kier alpha value is -1.77. The lowest BCUT2D eigenvalue weighted by Crippen LogP contribution is -1.98. The highest BCUT2D eigenvalue weighted by Crippen LogP contribution is 1.88. The molecule has 1 atom stereocenters. The van der Waals surface area contributed by atoms with Gasteiger partial charge in [-0.3, -0.25) is 0 Å². The lowest BCUT2D eigenvalue weighted by atomic mass is 10.3. The molecule has 0 fully saturated rings. The Labute approximate surface area is 84.0 Å². The first-order valence-electron chi connectivity index (χ1n) is 4.43. The first-order chi connectivity index (χ1) is 6.83. The van der Waals surface area contributed by atoms with Crippen molar-refractivity contribution in [2.45, 2.75) is 19.4 Å². The SMILES string of the molecule is CCC(O)C#CC#Cc1ccccn1. The maximum absolute atomic E-state index is 9.10. The molecule has 2 heteroatoms. The van der Waals surface area contributed by atoms with Crippen LogP contribution in [0.4, 0.5) is 0 Å².